The summed E-state index contributed by atoms with van der Waals surface area (Å²) in [5.74, 6) is 0. The molecule has 2 aromatic rings. The maximum Gasteiger partial charge on any atom is 0.0703 e. The summed E-state index contributed by atoms with van der Waals surface area (Å²) in [6, 6.07) is 7.73. The summed E-state index contributed by atoms with van der Waals surface area (Å²) in [6.45, 7) is 3.67. The van der Waals surface area contributed by atoms with E-state index >= 15 is 0 Å². The standard InChI is InChI=1S/C14H17N3O/c1-2-17(10-13-5-3-4-7-16-13)14-9-15-8-6-12(14)11-18/h3-9,18H,2,10-11H2,1H3. The molecule has 0 aliphatic rings. The van der Waals surface area contributed by atoms with Crippen LogP contribution in [0.1, 0.15) is 18.2 Å². The Bertz CT molecular complexity index is 487. The molecule has 0 radical (unpaired) electrons. The number of hydrogen-bond acceptors (Lipinski definition) is 4. The smallest absolute Gasteiger partial charge is 0.0703 e. The number of aliphatic hydroxyl groups is 1. The van der Waals surface area contributed by atoms with Crippen LogP contribution in [0.2, 0.25) is 0 Å². The minimum atomic E-state index is 0.0244. The van der Waals surface area contributed by atoms with Crippen LogP contribution in [0.5, 0.6) is 0 Å². The van der Waals surface area contributed by atoms with Crippen molar-refractivity contribution in [2.45, 2.75) is 20.1 Å². The van der Waals surface area contributed by atoms with Gasteiger partial charge in [0.05, 0.1) is 30.7 Å². The Balaban J connectivity index is 2.23. The number of rotatable bonds is 5. The van der Waals surface area contributed by atoms with Gasteiger partial charge in [-0.2, -0.15) is 0 Å². The first-order valence-electron chi connectivity index (χ1n) is 6.03. The zero-order valence-corrected chi connectivity index (χ0v) is 10.5. The van der Waals surface area contributed by atoms with Crippen molar-refractivity contribution in [1.82, 2.24) is 9.97 Å². The average Bonchev–Trinajstić information content (AvgIpc) is 2.46. The van der Waals surface area contributed by atoms with Gasteiger partial charge in [-0.05, 0) is 25.1 Å². The summed E-state index contributed by atoms with van der Waals surface area (Å²) in [4.78, 5) is 10.6. The van der Waals surface area contributed by atoms with Gasteiger partial charge in [0.25, 0.3) is 0 Å². The molecule has 0 spiro atoms. The number of pyridine rings is 2. The first-order valence-corrected chi connectivity index (χ1v) is 6.03. The number of nitrogens with zero attached hydrogens (tertiary/aromatic N) is 3. The predicted molar refractivity (Wildman–Crippen MR) is 71.1 cm³/mol. The van der Waals surface area contributed by atoms with Gasteiger partial charge in [0.1, 0.15) is 0 Å². The fourth-order valence-electron chi connectivity index (χ4n) is 1.89. The zero-order chi connectivity index (χ0) is 12.8. The highest BCUT2D eigenvalue weighted by molar-refractivity contribution is 5.51. The number of hydrogen-bond donors (Lipinski definition) is 1. The van der Waals surface area contributed by atoms with E-state index in [-0.39, 0.29) is 6.61 Å². The molecule has 0 fully saturated rings. The first kappa shape index (κ1) is 12.5. The molecule has 4 heteroatoms. The average molecular weight is 243 g/mol. The lowest BCUT2D eigenvalue weighted by Gasteiger charge is -2.24. The molecule has 0 aliphatic heterocycles. The lowest BCUT2D eigenvalue weighted by Crippen LogP contribution is -2.24. The highest BCUT2D eigenvalue weighted by Gasteiger charge is 2.10. The van der Waals surface area contributed by atoms with Crippen LogP contribution in [-0.2, 0) is 13.2 Å². The number of aromatic nitrogens is 2. The highest BCUT2D eigenvalue weighted by atomic mass is 16.3. The van der Waals surface area contributed by atoms with E-state index < -0.39 is 0 Å². The molecule has 0 saturated heterocycles. The lowest BCUT2D eigenvalue weighted by atomic mass is 10.2. The second-order valence-electron chi connectivity index (χ2n) is 4.00. The van der Waals surface area contributed by atoms with E-state index in [0.717, 1.165) is 30.0 Å². The van der Waals surface area contributed by atoms with E-state index in [9.17, 15) is 5.11 Å². The van der Waals surface area contributed by atoms with Gasteiger partial charge >= 0.3 is 0 Å². The summed E-state index contributed by atoms with van der Waals surface area (Å²) in [5, 5.41) is 9.36. The minimum Gasteiger partial charge on any atom is -0.392 e. The molecule has 18 heavy (non-hydrogen) atoms. The van der Waals surface area contributed by atoms with Gasteiger partial charge in [-0.25, -0.2) is 0 Å². The van der Waals surface area contributed by atoms with Crippen LogP contribution in [0.3, 0.4) is 0 Å². The van der Waals surface area contributed by atoms with E-state index in [0.29, 0.717) is 0 Å². The van der Waals surface area contributed by atoms with Crippen molar-refractivity contribution in [2.24, 2.45) is 0 Å². The van der Waals surface area contributed by atoms with Gasteiger partial charge in [-0.15, -0.1) is 0 Å². The molecule has 0 aromatic carbocycles. The van der Waals surface area contributed by atoms with Gasteiger partial charge < -0.3 is 10.0 Å². The Labute approximate surface area is 107 Å². The van der Waals surface area contributed by atoms with E-state index in [1.54, 1.807) is 18.6 Å². The van der Waals surface area contributed by atoms with Gasteiger partial charge in [0.15, 0.2) is 0 Å². The molecule has 2 heterocycles. The van der Waals surface area contributed by atoms with Gasteiger partial charge in [0, 0.05) is 24.5 Å². The van der Waals surface area contributed by atoms with Crippen LogP contribution >= 0.6 is 0 Å². The maximum atomic E-state index is 9.36. The SMILES string of the molecule is CCN(Cc1ccccn1)c1cnccc1CO. The molecule has 0 unspecified atom stereocenters. The molecule has 2 rings (SSSR count). The summed E-state index contributed by atoms with van der Waals surface area (Å²) in [6.07, 6.45) is 5.28. The first-order chi connectivity index (χ1) is 8.85. The van der Waals surface area contributed by atoms with Crippen LogP contribution in [0, 0.1) is 0 Å². The molecule has 1 N–H and O–H groups in total. The summed E-state index contributed by atoms with van der Waals surface area (Å²) < 4.78 is 0. The second kappa shape index (κ2) is 6.12. The molecule has 2 aromatic heterocycles. The third kappa shape index (κ3) is 2.84. The summed E-state index contributed by atoms with van der Waals surface area (Å²) in [7, 11) is 0. The van der Waals surface area contributed by atoms with E-state index in [1.165, 1.54) is 0 Å². The van der Waals surface area contributed by atoms with E-state index in [2.05, 4.69) is 21.8 Å². The Hall–Kier alpha value is -1.94. The molecule has 0 atom stereocenters. The Morgan fingerprint density at radius 3 is 2.78 bits per heavy atom. The van der Waals surface area contributed by atoms with Gasteiger partial charge in [-0.3, -0.25) is 9.97 Å². The third-order valence-corrected chi connectivity index (χ3v) is 2.86. The predicted octanol–water partition coefficient (Wildman–Crippen LogP) is 2.00. The third-order valence-electron chi connectivity index (χ3n) is 2.86. The Morgan fingerprint density at radius 2 is 2.11 bits per heavy atom. The quantitative estimate of drug-likeness (QED) is 0.872. The van der Waals surface area contributed by atoms with Crippen LogP contribution in [-0.4, -0.2) is 21.6 Å². The molecule has 0 aliphatic carbocycles. The van der Waals surface area contributed by atoms with Crippen molar-refractivity contribution in [3.05, 3.63) is 54.1 Å². The van der Waals surface area contributed by atoms with Crippen LogP contribution < -0.4 is 4.90 Å². The minimum absolute atomic E-state index is 0.0244. The highest BCUT2D eigenvalue weighted by Crippen LogP contribution is 2.20. The van der Waals surface area contributed by atoms with Crippen molar-refractivity contribution in [1.29, 1.82) is 0 Å². The molecule has 0 amide bonds. The van der Waals surface area contributed by atoms with E-state index in [4.69, 9.17) is 0 Å². The van der Waals surface area contributed by atoms with Crippen LogP contribution in [0.25, 0.3) is 0 Å². The number of aliphatic hydroxyl groups excluding tert-OH is 1. The van der Waals surface area contributed by atoms with Crippen LogP contribution in [0.4, 0.5) is 5.69 Å². The molecular formula is C14H17N3O. The maximum absolute atomic E-state index is 9.36. The van der Waals surface area contributed by atoms with Gasteiger partial charge in [-0.1, -0.05) is 6.07 Å². The Kier molecular flexibility index (Phi) is 4.25. The van der Waals surface area contributed by atoms with Crippen molar-refractivity contribution in [2.75, 3.05) is 11.4 Å². The second-order valence-corrected chi connectivity index (χ2v) is 4.00. The molecule has 0 saturated carbocycles. The van der Waals surface area contributed by atoms with Crippen molar-refractivity contribution < 1.29 is 5.11 Å². The van der Waals surface area contributed by atoms with Crippen molar-refractivity contribution >= 4 is 5.69 Å². The Morgan fingerprint density at radius 1 is 1.22 bits per heavy atom. The van der Waals surface area contributed by atoms with Gasteiger partial charge in [0.2, 0.25) is 0 Å². The van der Waals surface area contributed by atoms with E-state index in [1.807, 2.05) is 24.3 Å². The summed E-state index contributed by atoms with van der Waals surface area (Å²) in [5.41, 5.74) is 2.86. The molecule has 94 valence electrons. The van der Waals surface area contributed by atoms with Crippen molar-refractivity contribution in [3.63, 3.8) is 0 Å². The lowest BCUT2D eigenvalue weighted by molar-refractivity contribution is 0.282. The zero-order valence-electron chi connectivity index (χ0n) is 10.5. The molecule has 0 bridgehead atoms. The fraction of sp³-hybridized carbons (Fsp3) is 0.286. The van der Waals surface area contributed by atoms with Crippen molar-refractivity contribution in [3.8, 4) is 0 Å². The number of anilines is 1. The van der Waals surface area contributed by atoms with Crippen LogP contribution in [0.15, 0.2) is 42.9 Å². The molecule has 4 nitrogen and oxygen atoms in total. The topological polar surface area (TPSA) is 49.2 Å². The summed E-state index contributed by atoms with van der Waals surface area (Å²) >= 11 is 0. The monoisotopic (exact) mass is 243 g/mol. The fourth-order valence-corrected chi connectivity index (χ4v) is 1.89. The normalized spacial score (nSPS) is 10.3. The largest absolute Gasteiger partial charge is 0.392 e. The molecular weight excluding hydrogens is 226 g/mol.